The predicted molar refractivity (Wildman–Crippen MR) is 109 cm³/mol. The highest BCUT2D eigenvalue weighted by molar-refractivity contribution is 7.99. The number of hydrogen-bond donors (Lipinski definition) is 1. The number of esters is 1. The fourth-order valence-electron chi connectivity index (χ4n) is 2.59. The van der Waals surface area contributed by atoms with Gasteiger partial charge in [0.05, 0.1) is 23.8 Å². The quantitative estimate of drug-likeness (QED) is 0.378. The summed E-state index contributed by atoms with van der Waals surface area (Å²) in [6.07, 6.45) is 0. The lowest BCUT2D eigenvalue weighted by Gasteiger charge is -2.12. The summed E-state index contributed by atoms with van der Waals surface area (Å²) in [6.45, 7) is 1.31. The number of benzene rings is 2. The molecule has 0 bridgehead atoms. The van der Waals surface area contributed by atoms with E-state index in [-0.39, 0.29) is 17.5 Å². The third-order valence-electron chi connectivity index (χ3n) is 4.13. The summed E-state index contributed by atoms with van der Waals surface area (Å²) >= 11 is 1.00. The number of nitrogens with one attached hydrogen (secondary N) is 1. The number of fused-ring (bicyclic) bond motifs is 1. The second-order valence-corrected chi connectivity index (χ2v) is 7.12. The molecular formula is C20H18FN3O4S. The number of carbonyl (C=O) groups is 2. The van der Waals surface area contributed by atoms with Crippen molar-refractivity contribution in [3.8, 4) is 0 Å². The molecule has 0 fully saturated rings. The fourth-order valence-corrected chi connectivity index (χ4v) is 3.39. The SMILES string of the molecule is COC(=O)Cn1c(SCC(=O)Nc2ccc(C)c(F)c2)nc2ccccc2c1=O. The number of anilines is 1. The van der Waals surface area contributed by atoms with Gasteiger partial charge in [-0.1, -0.05) is 30.0 Å². The van der Waals surface area contributed by atoms with Crippen LogP contribution in [0.2, 0.25) is 0 Å². The van der Waals surface area contributed by atoms with E-state index in [0.29, 0.717) is 22.2 Å². The Morgan fingerprint density at radius 2 is 2.00 bits per heavy atom. The zero-order valence-electron chi connectivity index (χ0n) is 15.8. The van der Waals surface area contributed by atoms with Gasteiger partial charge in [0.1, 0.15) is 12.4 Å². The largest absolute Gasteiger partial charge is 0.468 e. The fraction of sp³-hybridized carbons (Fsp3) is 0.200. The lowest BCUT2D eigenvalue weighted by atomic mass is 10.2. The molecule has 150 valence electrons. The number of nitrogens with zero attached hydrogens (tertiary/aromatic N) is 2. The average molecular weight is 415 g/mol. The number of halogens is 1. The molecule has 1 N–H and O–H groups in total. The zero-order chi connectivity index (χ0) is 21.0. The second-order valence-electron chi connectivity index (χ2n) is 6.18. The smallest absolute Gasteiger partial charge is 0.325 e. The van der Waals surface area contributed by atoms with Crippen LogP contribution in [-0.4, -0.2) is 34.3 Å². The maximum absolute atomic E-state index is 13.6. The first-order valence-corrected chi connectivity index (χ1v) is 9.63. The molecule has 29 heavy (non-hydrogen) atoms. The van der Waals surface area contributed by atoms with Crippen molar-refractivity contribution in [2.45, 2.75) is 18.6 Å². The zero-order valence-corrected chi connectivity index (χ0v) is 16.6. The van der Waals surface area contributed by atoms with Gasteiger partial charge < -0.3 is 10.1 Å². The van der Waals surface area contributed by atoms with Crippen molar-refractivity contribution in [3.05, 3.63) is 64.2 Å². The Balaban J connectivity index is 1.83. The van der Waals surface area contributed by atoms with E-state index in [1.54, 1.807) is 43.3 Å². The van der Waals surface area contributed by atoms with Crippen LogP contribution in [0.25, 0.3) is 10.9 Å². The Morgan fingerprint density at radius 1 is 1.24 bits per heavy atom. The third kappa shape index (κ3) is 4.80. The summed E-state index contributed by atoms with van der Waals surface area (Å²) in [5.74, 6) is -1.50. The summed E-state index contributed by atoms with van der Waals surface area (Å²) in [4.78, 5) is 41.2. The number of aromatic nitrogens is 2. The number of rotatable bonds is 6. The first-order chi connectivity index (χ1) is 13.9. The normalized spacial score (nSPS) is 10.7. The van der Waals surface area contributed by atoms with Gasteiger partial charge in [0, 0.05) is 5.69 Å². The monoisotopic (exact) mass is 415 g/mol. The van der Waals surface area contributed by atoms with E-state index in [9.17, 15) is 18.8 Å². The number of aryl methyl sites for hydroxylation is 1. The number of para-hydroxylation sites is 1. The van der Waals surface area contributed by atoms with Crippen LogP contribution in [0, 0.1) is 12.7 Å². The number of amides is 1. The molecule has 0 atom stereocenters. The Kier molecular flexibility index (Phi) is 6.28. The molecule has 2 aromatic carbocycles. The number of hydrogen-bond acceptors (Lipinski definition) is 6. The molecule has 1 heterocycles. The van der Waals surface area contributed by atoms with Crippen LogP contribution in [0.3, 0.4) is 0 Å². The lowest BCUT2D eigenvalue weighted by molar-refractivity contribution is -0.141. The van der Waals surface area contributed by atoms with Crippen LogP contribution in [0.5, 0.6) is 0 Å². The first-order valence-electron chi connectivity index (χ1n) is 8.64. The minimum absolute atomic E-state index is 0.0819. The van der Waals surface area contributed by atoms with Crippen molar-refractivity contribution in [1.29, 1.82) is 0 Å². The van der Waals surface area contributed by atoms with Crippen LogP contribution in [0.1, 0.15) is 5.56 Å². The molecule has 3 aromatic rings. The van der Waals surface area contributed by atoms with E-state index in [0.717, 1.165) is 11.8 Å². The van der Waals surface area contributed by atoms with Gasteiger partial charge in [-0.2, -0.15) is 0 Å². The molecule has 9 heteroatoms. The maximum Gasteiger partial charge on any atom is 0.325 e. The van der Waals surface area contributed by atoms with Crippen molar-refractivity contribution < 1.29 is 18.7 Å². The van der Waals surface area contributed by atoms with Gasteiger partial charge in [-0.3, -0.25) is 19.0 Å². The van der Waals surface area contributed by atoms with Crippen LogP contribution < -0.4 is 10.9 Å². The minimum Gasteiger partial charge on any atom is -0.468 e. The molecule has 1 amide bonds. The van der Waals surface area contributed by atoms with E-state index in [4.69, 9.17) is 0 Å². The molecule has 0 saturated heterocycles. The molecule has 7 nitrogen and oxygen atoms in total. The van der Waals surface area contributed by atoms with Crippen LogP contribution in [0.15, 0.2) is 52.4 Å². The molecule has 0 radical (unpaired) electrons. The molecule has 0 aliphatic carbocycles. The van der Waals surface area contributed by atoms with Crippen molar-refractivity contribution >= 4 is 40.2 Å². The number of thioether (sulfide) groups is 1. The van der Waals surface area contributed by atoms with Gasteiger partial charge in [-0.15, -0.1) is 0 Å². The standard InChI is InChI=1S/C20H18FN3O4S/c1-12-7-8-13(9-15(12)21)22-17(25)11-29-20-23-16-6-4-3-5-14(16)19(27)24(20)10-18(26)28-2/h3-9H,10-11H2,1-2H3,(H,22,25). The Bertz CT molecular complexity index is 1150. The highest BCUT2D eigenvalue weighted by atomic mass is 32.2. The Labute approximate surface area is 169 Å². The van der Waals surface area contributed by atoms with Crippen molar-refractivity contribution in [2.24, 2.45) is 0 Å². The van der Waals surface area contributed by atoms with E-state index < -0.39 is 23.3 Å². The molecular weight excluding hydrogens is 397 g/mol. The topological polar surface area (TPSA) is 90.3 Å². The summed E-state index contributed by atoms with van der Waals surface area (Å²) in [5, 5.41) is 3.17. The summed E-state index contributed by atoms with van der Waals surface area (Å²) < 4.78 is 19.5. The summed E-state index contributed by atoms with van der Waals surface area (Å²) in [6, 6.07) is 11.1. The van der Waals surface area contributed by atoms with Crippen LogP contribution in [-0.2, 0) is 20.9 Å². The van der Waals surface area contributed by atoms with E-state index in [1.165, 1.54) is 17.7 Å². The number of methoxy groups -OCH3 is 1. The van der Waals surface area contributed by atoms with Crippen molar-refractivity contribution in [3.63, 3.8) is 0 Å². The highest BCUT2D eigenvalue weighted by Gasteiger charge is 2.16. The van der Waals surface area contributed by atoms with Gasteiger partial charge in [0.15, 0.2) is 5.16 Å². The average Bonchev–Trinajstić information content (AvgIpc) is 2.71. The summed E-state index contributed by atoms with van der Waals surface area (Å²) in [5.41, 5.74) is 0.869. The van der Waals surface area contributed by atoms with E-state index in [1.807, 2.05) is 0 Å². The molecule has 0 aliphatic rings. The van der Waals surface area contributed by atoms with E-state index in [2.05, 4.69) is 15.0 Å². The van der Waals surface area contributed by atoms with Gasteiger partial charge in [-0.05, 0) is 36.8 Å². The van der Waals surface area contributed by atoms with Crippen molar-refractivity contribution in [2.75, 3.05) is 18.2 Å². The molecule has 0 aliphatic heterocycles. The van der Waals surface area contributed by atoms with Crippen LogP contribution in [0.4, 0.5) is 10.1 Å². The molecule has 3 rings (SSSR count). The maximum atomic E-state index is 13.6. The number of ether oxygens (including phenoxy) is 1. The lowest BCUT2D eigenvalue weighted by Crippen LogP contribution is -2.28. The highest BCUT2D eigenvalue weighted by Crippen LogP contribution is 2.19. The van der Waals surface area contributed by atoms with Gasteiger partial charge in [0.25, 0.3) is 5.56 Å². The molecule has 1 aromatic heterocycles. The summed E-state index contributed by atoms with van der Waals surface area (Å²) in [7, 11) is 1.23. The van der Waals surface area contributed by atoms with E-state index >= 15 is 0 Å². The number of carbonyl (C=O) groups excluding carboxylic acids is 2. The first kappa shape index (κ1) is 20.5. The Hall–Kier alpha value is -3.20. The van der Waals surface area contributed by atoms with Gasteiger partial charge in [0.2, 0.25) is 5.91 Å². The van der Waals surface area contributed by atoms with Gasteiger partial charge in [-0.25, -0.2) is 9.37 Å². The van der Waals surface area contributed by atoms with Crippen LogP contribution >= 0.6 is 11.8 Å². The third-order valence-corrected chi connectivity index (χ3v) is 5.11. The van der Waals surface area contributed by atoms with Gasteiger partial charge >= 0.3 is 5.97 Å². The minimum atomic E-state index is -0.606. The second kappa shape index (κ2) is 8.87. The Morgan fingerprint density at radius 3 is 2.72 bits per heavy atom. The molecule has 0 saturated carbocycles. The predicted octanol–water partition coefficient (Wildman–Crippen LogP) is 2.75. The van der Waals surface area contributed by atoms with Crippen molar-refractivity contribution in [1.82, 2.24) is 9.55 Å². The molecule has 0 spiro atoms. The molecule has 0 unspecified atom stereocenters.